The number of amides is 1. The number of Topliss-reactive ketones (excluding diaryl/α,β-unsaturated/α-hetero) is 1. The van der Waals surface area contributed by atoms with Gasteiger partial charge in [-0.25, -0.2) is 9.78 Å². The van der Waals surface area contributed by atoms with Crippen LogP contribution >= 0.6 is 11.3 Å². The molecule has 0 bridgehead atoms. The molecule has 3 aromatic heterocycles. The smallest absolute Gasteiger partial charge is 0.335 e. The quantitative estimate of drug-likeness (QED) is 0.270. The predicted octanol–water partition coefficient (Wildman–Crippen LogP) is 3.41. The Morgan fingerprint density at radius 2 is 1.76 bits per heavy atom. The average Bonchev–Trinajstić information content (AvgIpc) is 3.37. The van der Waals surface area contributed by atoms with Crippen molar-refractivity contribution in [2.45, 2.75) is 6.04 Å². The molecule has 0 saturated carbocycles. The number of ketones is 1. The number of aliphatic hydroxyl groups is 1. The van der Waals surface area contributed by atoms with E-state index in [0.29, 0.717) is 21.3 Å². The van der Waals surface area contributed by atoms with Crippen LogP contribution in [0.4, 0.5) is 5.13 Å². The van der Waals surface area contributed by atoms with Gasteiger partial charge in [-0.15, -0.1) is 0 Å². The second-order valence-corrected chi connectivity index (χ2v) is 8.18. The minimum absolute atomic E-state index is 0.0845. The maximum atomic E-state index is 13.2. The number of carbonyl (C=O) groups is 3. The van der Waals surface area contributed by atoms with E-state index in [-0.39, 0.29) is 22.0 Å². The third-order valence-corrected chi connectivity index (χ3v) is 6.25. The van der Waals surface area contributed by atoms with Crippen LogP contribution in [0.3, 0.4) is 0 Å². The highest BCUT2D eigenvalue weighted by Gasteiger charge is 2.48. The molecule has 1 aromatic carbocycles. The SMILES string of the molecule is O=C1C(=O)N(c2nc3ccc(C(=O)O)cc3s2)C(c2cccnc2)/C1=C(\O)c1ccncc1. The summed E-state index contributed by atoms with van der Waals surface area (Å²) in [5.74, 6) is -3.12. The van der Waals surface area contributed by atoms with Gasteiger partial charge in [0.25, 0.3) is 5.78 Å². The number of anilines is 1. The summed E-state index contributed by atoms with van der Waals surface area (Å²) >= 11 is 1.08. The summed E-state index contributed by atoms with van der Waals surface area (Å²) in [6, 6.07) is 9.90. The summed E-state index contributed by atoms with van der Waals surface area (Å²) in [6.07, 6.45) is 6.01. The molecule has 33 heavy (non-hydrogen) atoms. The number of hydrogen-bond donors (Lipinski definition) is 2. The normalized spacial score (nSPS) is 17.6. The molecule has 0 spiro atoms. The molecule has 1 aliphatic heterocycles. The first kappa shape index (κ1) is 20.5. The summed E-state index contributed by atoms with van der Waals surface area (Å²) in [6.45, 7) is 0. The molecule has 1 unspecified atom stereocenters. The van der Waals surface area contributed by atoms with E-state index < -0.39 is 23.7 Å². The number of aliphatic hydroxyl groups excluding tert-OH is 1. The Kier molecular flexibility index (Phi) is 4.91. The fourth-order valence-electron chi connectivity index (χ4n) is 3.70. The molecular formula is C23H14N4O5S. The number of aromatic carboxylic acids is 1. The van der Waals surface area contributed by atoms with Gasteiger partial charge in [0.2, 0.25) is 0 Å². The number of carboxylic acid groups (broad SMARTS) is 1. The number of pyridine rings is 2. The average molecular weight is 458 g/mol. The van der Waals surface area contributed by atoms with Crippen LogP contribution < -0.4 is 4.90 Å². The van der Waals surface area contributed by atoms with Crippen LogP contribution in [0.2, 0.25) is 0 Å². The Morgan fingerprint density at radius 1 is 0.970 bits per heavy atom. The van der Waals surface area contributed by atoms with Crippen molar-refractivity contribution in [3.05, 3.63) is 89.5 Å². The largest absolute Gasteiger partial charge is 0.507 e. The monoisotopic (exact) mass is 458 g/mol. The number of fused-ring (bicyclic) bond motifs is 1. The van der Waals surface area contributed by atoms with E-state index in [1.165, 1.54) is 47.8 Å². The van der Waals surface area contributed by atoms with E-state index in [1.807, 2.05) is 0 Å². The molecule has 1 fully saturated rings. The number of aromatic nitrogens is 3. The van der Waals surface area contributed by atoms with Crippen LogP contribution in [0.25, 0.3) is 16.0 Å². The molecule has 1 amide bonds. The van der Waals surface area contributed by atoms with Gasteiger partial charge in [0.1, 0.15) is 5.76 Å². The zero-order valence-corrected chi connectivity index (χ0v) is 17.6. The number of carbonyl (C=O) groups excluding carboxylic acids is 2. The number of thiazole rings is 1. The van der Waals surface area contributed by atoms with Crippen LogP contribution in [0.5, 0.6) is 0 Å². The molecular weight excluding hydrogens is 444 g/mol. The Hall–Kier alpha value is -4.44. The summed E-state index contributed by atoms with van der Waals surface area (Å²) < 4.78 is 0.547. The number of rotatable bonds is 4. The summed E-state index contributed by atoms with van der Waals surface area (Å²) in [7, 11) is 0. The van der Waals surface area contributed by atoms with E-state index in [4.69, 9.17) is 0 Å². The van der Waals surface area contributed by atoms with Gasteiger partial charge in [0, 0.05) is 30.4 Å². The molecule has 1 saturated heterocycles. The van der Waals surface area contributed by atoms with Gasteiger partial charge < -0.3 is 10.2 Å². The maximum absolute atomic E-state index is 13.2. The Labute approximate surface area is 190 Å². The van der Waals surface area contributed by atoms with Gasteiger partial charge in [-0.2, -0.15) is 0 Å². The standard InChI is InChI=1S/C23H14N4O5S/c28-19(12-5-8-24-9-6-12)17-18(14-2-1-7-25-11-14)27(21(30)20(17)29)23-26-15-4-3-13(22(31)32)10-16(15)33-23/h1-11,18,28H,(H,31,32)/b19-17+. The highest BCUT2D eigenvalue weighted by Crippen LogP contribution is 2.44. The molecule has 5 rings (SSSR count). The van der Waals surface area contributed by atoms with Crippen molar-refractivity contribution in [2.24, 2.45) is 0 Å². The van der Waals surface area contributed by atoms with Crippen molar-refractivity contribution in [1.29, 1.82) is 0 Å². The van der Waals surface area contributed by atoms with Crippen LogP contribution in [-0.2, 0) is 9.59 Å². The van der Waals surface area contributed by atoms with Crippen LogP contribution in [0.1, 0.15) is 27.5 Å². The van der Waals surface area contributed by atoms with Gasteiger partial charge in [-0.1, -0.05) is 17.4 Å². The summed E-state index contributed by atoms with van der Waals surface area (Å²) in [5.41, 5.74) is 1.33. The number of benzene rings is 1. The van der Waals surface area contributed by atoms with Crippen LogP contribution in [-0.4, -0.2) is 42.8 Å². The van der Waals surface area contributed by atoms with Crippen molar-refractivity contribution in [1.82, 2.24) is 15.0 Å². The minimum Gasteiger partial charge on any atom is -0.507 e. The van der Waals surface area contributed by atoms with E-state index >= 15 is 0 Å². The topological polar surface area (TPSA) is 134 Å². The summed E-state index contributed by atoms with van der Waals surface area (Å²) in [4.78, 5) is 51.3. The van der Waals surface area contributed by atoms with Gasteiger partial charge in [-0.3, -0.25) is 24.5 Å². The molecule has 1 atom stereocenters. The van der Waals surface area contributed by atoms with E-state index in [9.17, 15) is 24.6 Å². The van der Waals surface area contributed by atoms with Crippen molar-refractivity contribution in [3.63, 3.8) is 0 Å². The van der Waals surface area contributed by atoms with Crippen molar-refractivity contribution in [3.8, 4) is 0 Å². The van der Waals surface area contributed by atoms with Crippen LogP contribution in [0.15, 0.2) is 72.8 Å². The van der Waals surface area contributed by atoms with E-state index in [1.54, 1.807) is 24.4 Å². The zero-order chi connectivity index (χ0) is 23.1. The lowest BCUT2D eigenvalue weighted by Crippen LogP contribution is -2.29. The van der Waals surface area contributed by atoms with Gasteiger partial charge in [0.15, 0.2) is 5.13 Å². The third-order valence-electron chi connectivity index (χ3n) is 5.23. The lowest BCUT2D eigenvalue weighted by atomic mass is 9.97. The first-order chi connectivity index (χ1) is 16.0. The highest BCUT2D eigenvalue weighted by atomic mass is 32.1. The molecule has 4 heterocycles. The van der Waals surface area contributed by atoms with Gasteiger partial charge in [-0.05, 0) is 42.0 Å². The minimum atomic E-state index is -1.08. The highest BCUT2D eigenvalue weighted by molar-refractivity contribution is 7.22. The molecule has 9 nitrogen and oxygen atoms in total. The molecule has 10 heteroatoms. The lowest BCUT2D eigenvalue weighted by Gasteiger charge is -2.22. The molecule has 0 radical (unpaired) electrons. The second kappa shape index (κ2) is 7.92. The molecule has 162 valence electrons. The zero-order valence-electron chi connectivity index (χ0n) is 16.7. The number of hydrogen-bond acceptors (Lipinski definition) is 8. The second-order valence-electron chi connectivity index (χ2n) is 7.18. The van der Waals surface area contributed by atoms with Crippen molar-refractivity contribution in [2.75, 3.05) is 4.90 Å². The Balaban J connectivity index is 1.71. The summed E-state index contributed by atoms with van der Waals surface area (Å²) in [5, 5.41) is 20.5. The first-order valence-electron chi connectivity index (χ1n) is 9.71. The van der Waals surface area contributed by atoms with Crippen molar-refractivity contribution >= 4 is 50.1 Å². The fourth-order valence-corrected chi connectivity index (χ4v) is 4.73. The third kappa shape index (κ3) is 3.42. The molecule has 1 aliphatic rings. The fraction of sp³-hybridized carbons (Fsp3) is 0.0435. The Bertz CT molecular complexity index is 1450. The van der Waals surface area contributed by atoms with Gasteiger partial charge in [0.05, 0.1) is 27.4 Å². The number of carboxylic acids is 1. The predicted molar refractivity (Wildman–Crippen MR) is 120 cm³/mol. The van der Waals surface area contributed by atoms with E-state index in [2.05, 4.69) is 15.0 Å². The number of nitrogens with zero attached hydrogens (tertiary/aromatic N) is 4. The van der Waals surface area contributed by atoms with E-state index in [0.717, 1.165) is 11.3 Å². The maximum Gasteiger partial charge on any atom is 0.335 e. The van der Waals surface area contributed by atoms with Crippen molar-refractivity contribution < 1.29 is 24.6 Å². The van der Waals surface area contributed by atoms with Crippen LogP contribution in [0, 0.1) is 0 Å². The Morgan fingerprint density at radius 3 is 2.45 bits per heavy atom. The molecule has 0 aliphatic carbocycles. The molecule has 2 N–H and O–H groups in total. The molecule has 4 aromatic rings. The van der Waals surface area contributed by atoms with Gasteiger partial charge >= 0.3 is 11.9 Å². The first-order valence-corrected chi connectivity index (χ1v) is 10.5. The lowest BCUT2D eigenvalue weighted by molar-refractivity contribution is -0.132.